The van der Waals surface area contributed by atoms with Crippen molar-refractivity contribution in [1.29, 1.82) is 0 Å². The molecule has 0 aliphatic rings. The fourth-order valence-electron chi connectivity index (χ4n) is 2.56. The summed E-state index contributed by atoms with van der Waals surface area (Å²) in [7, 11) is -3.21. The fraction of sp³-hybridized carbons (Fsp3) is 0.444. The largest absolute Gasteiger partial charge is 0.357 e. The normalized spacial score (nSPS) is 11.8. The topological polar surface area (TPSA) is 88.4 Å². The summed E-state index contributed by atoms with van der Waals surface area (Å²) >= 11 is 0. The molecule has 1 heterocycles. The van der Waals surface area contributed by atoms with E-state index < -0.39 is 15.7 Å². The van der Waals surface area contributed by atoms with Gasteiger partial charge in [0.05, 0.1) is 18.6 Å². The Morgan fingerprint density at radius 2 is 2.07 bits per heavy atom. The van der Waals surface area contributed by atoms with Gasteiger partial charge in [0.25, 0.3) is 0 Å². The number of sulfone groups is 1. The predicted molar refractivity (Wildman–Crippen MR) is 120 cm³/mol. The lowest BCUT2D eigenvalue weighted by atomic mass is 10.1. The molecule has 0 atom stereocenters. The molecular weight excluding hydrogens is 496 g/mol. The maximum Gasteiger partial charge on any atom is 0.191 e. The van der Waals surface area contributed by atoms with Crippen LogP contribution in [0.1, 0.15) is 24.5 Å². The first-order valence-corrected chi connectivity index (χ1v) is 10.9. The number of aliphatic imine (C=N–C) groups is 1. The fourth-order valence-corrected chi connectivity index (χ4v) is 3.40. The van der Waals surface area contributed by atoms with Crippen LogP contribution < -0.4 is 10.6 Å². The minimum atomic E-state index is -3.21. The molecule has 2 rings (SSSR count). The van der Waals surface area contributed by atoms with Crippen molar-refractivity contribution in [2.45, 2.75) is 32.2 Å². The number of benzene rings is 1. The Kier molecular flexibility index (Phi) is 10.4. The summed E-state index contributed by atoms with van der Waals surface area (Å²) in [6.45, 7) is 4.39. The van der Waals surface area contributed by atoms with Crippen LogP contribution in [0.25, 0.3) is 0 Å². The van der Waals surface area contributed by atoms with E-state index in [0.29, 0.717) is 30.2 Å². The van der Waals surface area contributed by atoms with Crippen molar-refractivity contribution >= 4 is 39.8 Å². The number of nitrogens with zero attached hydrogens (tertiary/aromatic N) is 3. The highest BCUT2D eigenvalue weighted by Gasteiger charge is 2.10. The minimum absolute atomic E-state index is 0. The van der Waals surface area contributed by atoms with Crippen molar-refractivity contribution in [3.8, 4) is 0 Å². The third kappa shape index (κ3) is 9.00. The van der Waals surface area contributed by atoms with Gasteiger partial charge >= 0.3 is 0 Å². The van der Waals surface area contributed by atoms with Crippen LogP contribution in [0.4, 0.5) is 4.39 Å². The van der Waals surface area contributed by atoms with Crippen molar-refractivity contribution in [3.05, 3.63) is 53.9 Å². The third-order valence-corrected chi connectivity index (χ3v) is 4.62. The maximum absolute atomic E-state index is 13.6. The van der Waals surface area contributed by atoms with Crippen LogP contribution in [0.2, 0.25) is 0 Å². The molecule has 1 aromatic carbocycles. The molecule has 156 valence electrons. The number of halogens is 2. The third-order valence-electron chi connectivity index (χ3n) is 3.78. The molecule has 0 radical (unpaired) electrons. The zero-order chi connectivity index (χ0) is 19.7. The molecule has 0 unspecified atom stereocenters. The Labute approximate surface area is 182 Å². The van der Waals surface area contributed by atoms with Gasteiger partial charge in [0.1, 0.15) is 5.82 Å². The van der Waals surface area contributed by atoms with Gasteiger partial charge in [0, 0.05) is 38.3 Å². The van der Waals surface area contributed by atoms with Crippen LogP contribution in [0, 0.1) is 5.82 Å². The van der Waals surface area contributed by atoms with Crippen molar-refractivity contribution in [2.75, 3.05) is 19.3 Å². The molecule has 2 N–H and O–H groups in total. The Morgan fingerprint density at radius 1 is 1.29 bits per heavy atom. The Hall–Kier alpha value is -1.69. The maximum atomic E-state index is 13.6. The van der Waals surface area contributed by atoms with Crippen molar-refractivity contribution < 1.29 is 12.8 Å². The van der Waals surface area contributed by atoms with E-state index in [2.05, 4.69) is 20.6 Å². The van der Waals surface area contributed by atoms with E-state index in [4.69, 9.17) is 0 Å². The molecule has 28 heavy (non-hydrogen) atoms. The van der Waals surface area contributed by atoms with E-state index >= 15 is 0 Å². The van der Waals surface area contributed by atoms with Gasteiger partial charge in [-0.3, -0.25) is 0 Å². The van der Waals surface area contributed by atoms with E-state index in [1.165, 1.54) is 18.2 Å². The second-order valence-corrected chi connectivity index (χ2v) is 8.40. The summed E-state index contributed by atoms with van der Waals surface area (Å²) in [4.78, 5) is 8.47. The lowest BCUT2D eigenvalue weighted by Gasteiger charge is -2.12. The predicted octanol–water partition coefficient (Wildman–Crippen LogP) is 2.33. The molecule has 0 bridgehead atoms. The minimum Gasteiger partial charge on any atom is -0.357 e. The SMILES string of the molecule is CCNC(=NCc1cc(F)ccc1CS(C)(=O)=O)NCCCn1ccnc1.I. The number of aromatic nitrogens is 2. The molecule has 0 spiro atoms. The van der Waals surface area contributed by atoms with Gasteiger partial charge in [0.15, 0.2) is 15.8 Å². The van der Waals surface area contributed by atoms with Gasteiger partial charge in [-0.2, -0.15) is 0 Å². The van der Waals surface area contributed by atoms with E-state index in [1.807, 2.05) is 17.7 Å². The number of rotatable bonds is 9. The molecule has 1 aromatic heterocycles. The van der Waals surface area contributed by atoms with Crippen LogP contribution in [-0.2, 0) is 28.7 Å². The van der Waals surface area contributed by atoms with Gasteiger partial charge in [-0.05, 0) is 36.6 Å². The molecule has 0 aliphatic carbocycles. The zero-order valence-electron chi connectivity index (χ0n) is 16.1. The van der Waals surface area contributed by atoms with Crippen LogP contribution in [0.15, 0.2) is 41.9 Å². The molecule has 0 aliphatic heterocycles. The Bertz CT molecular complexity index is 857. The van der Waals surface area contributed by atoms with Crippen molar-refractivity contribution in [2.24, 2.45) is 4.99 Å². The highest BCUT2D eigenvalue weighted by atomic mass is 127. The van der Waals surface area contributed by atoms with Gasteiger partial charge in [-0.15, -0.1) is 24.0 Å². The summed E-state index contributed by atoms with van der Waals surface area (Å²) in [5.74, 6) is 0.0703. The molecular formula is C18H27FIN5O2S. The molecule has 2 aromatic rings. The van der Waals surface area contributed by atoms with Gasteiger partial charge in [0.2, 0.25) is 0 Å². The summed E-state index contributed by atoms with van der Waals surface area (Å²) in [6, 6.07) is 4.12. The number of nitrogens with one attached hydrogen (secondary N) is 2. The van der Waals surface area contributed by atoms with Gasteiger partial charge < -0.3 is 15.2 Å². The second-order valence-electron chi connectivity index (χ2n) is 6.26. The van der Waals surface area contributed by atoms with Crippen LogP contribution >= 0.6 is 24.0 Å². The molecule has 0 amide bonds. The molecule has 0 saturated heterocycles. The monoisotopic (exact) mass is 523 g/mol. The first kappa shape index (κ1) is 24.3. The number of imidazole rings is 1. The summed E-state index contributed by atoms with van der Waals surface area (Å²) in [6.07, 6.45) is 7.47. The molecule has 0 saturated carbocycles. The zero-order valence-corrected chi connectivity index (χ0v) is 19.2. The van der Waals surface area contributed by atoms with Crippen molar-refractivity contribution in [1.82, 2.24) is 20.2 Å². The smallest absolute Gasteiger partial charge is 0.191 e. The van der Waals surface area contributed by atoms with Crippen LogP contribution in [-0.4, -0.2) is 43.3 Å². The first-order valence-electron chi connectivity index (χ1n) is 8.80. The summed E-state index contributed by atoms with van der Waals surface area (Å²) in [5.41, 5.74) is 1.13. The lowest BCUT2D eigenvalue weighted by molar-refractivity contribution is 0.600. The van der Waals surface area contributed by atoms with Gasteiger partial charge in [-0.1, -0.05) is 6.07 Å². The highest BCUT2D eigenvalue weighted by molar-refractivity contribution is 14.0. The molecule has 0 fully saturated rings. The van der Waals surface area contributed by atoms with Crippen LogP contribution in [0.3, 0.4) is 0 Å². The Morgan fingerprint density at radius 3 is 2.71 bits per heavy atom. The number of aryl methyl sites for hydroxylation is 1. The number of hydrogen-bond donors (Lipinski definition) is 2. The van der Waals surface area contributed by atoms with Crippen LogP contribution in [0.5, 0.6) is 0 Å². The first-order chi connectivity index (χ1) is 12.9. The Balaban J connectivity index is 0.00000392. The summed E-state index contributed by atoms with van der Waals surface area (Å²) in [5, 5.41) is 6.37. The molecule has 10 heteroatoms. The highest BCUT2D eigenvalue weighted by Crippen LogP contribution is 2.15. The lowest BCUT2D eigenvalue weighted by Crippen LogP contribution is -2.38. The molecule has 7 nitrogen and oxygen atoms in total. The van der Waals surface area contributed by atoms with Crippen molar-refractivity contribution in [3.63, 3.8) is 0 Å². The van der Waals surface area contributed by atoms with E-state index in [9.17, 15) is 12.8 Å². The quantitative estimate of drug-likeness (QED) is 0.228. The number of hydrogen-bond acceptors (Lipinski definition) is 4. The average molecular weight is 523 g/mol. The number of guanidine groups is 1. The second kappa shape index (κ2) is 12.0. The van der Waals surface area contributed by atoms with Gasteiger partial charge in [-0.25, -0.2) is 22.8 Å². The van der Waals surface area contributed by atoms with E-state index in [1.54, 1.807) is 12.5 Å². The average Bonchev–Trinajstić information content (AvgIpc) is 3.10. The summed E-state index contributed by atoms with van der Waals surface area (Å²) < 4.78 is 38.8. The van der Waals surface area contributed by atoms with E-state index in [-0.39, 0.29) is 36.3 Å². The van der Waals surface area contributed by atoms with E-state index in [0.717, 1.165) is 19.2 Å². The standard InChI is InChI=1S/C18H26FN5O2S.HI/c1-3-21-18(22-7-4-9-24-10-8-20-14-24)23-12-16-11-17(19)6-5-15(16)13-27(2,25)26;/h5-6,8,10-11,14H,3-4,7,9,12-13H2,1-2H3,(H2,21,22,23);1H.